The Hall–Kier alpha value is -0.790. The van der Waals surface area contributed by atoms with Gasteiger partial charge < -0.3 is 4.74 Å². The van der Waals surface area contributed by atoms with E-state index in [1.54, 1.807) is 0 Å². The zero-order valence-electron chi connectivity index (χ0n) is 10.1. The van der Waals surface area contributed by atoms with Crippen molar-refractivity contribution < 1.29 is 9.53 Å². The molecule has 1 unspecified atom stereocenters. The lowest BCUT2D eigenvalue weighted by molar-refractivity contribution is -0.139. The molecule has 86 valence electrons. The first kappa shape index (κ1) is 12.3. The van der Waals surface area contributed by atoms with Gasteiger partial charge in [-0.25, -0.2) is 4.79 Å². The van der Waals surface area contributed by atoms with Gasteiger partial charge in [-0.3, -0.25) is 0 Å². The van der Waals surface area contributed by atoms with E-state index in [2.05, 4.69) is 13.8 Å². The van der Waals surface area contributed by atoms with Crippen molar-refractivity contribution in [2.24, 2.45) is 5.92 Å². The quantitative estimate of drug-likeness (QED) is 0.495. The number of cyclic esters (lactones) is 1. The van der Waals surface area contributed by atoms with Gasteiger partial charge in [-0.1, -0.05) is 33.6 Å². The van der Waals surface area contributed by atoms with Crippen molar-refractivity contribution in [3.05, 3.63) is 11.6 Å². The SMILES string of the molecule is CCC1C=C(CCCCC(C)C)C(=O)O1. The summed E-state index contributed by atoms with van der Waals surface area (Å²) < 4.78 is 5.17. The summed E-state index contributed by atoms with van der Waals surface area (Å²) in [4.78, 5) is 11.4. The number of carbonyl (C=O) groups excluding carboxylic acids is 1. The van der Waals surface area contributed by atoms with E-state index in [0.717, 1.165) is 30.8 Å². The zero-order valence-corrected chi connectivity index (χ0v) is 10.1. The lowest BCUT2D eigenvalue weighted by atomic mass is 10.0. The summed E-state index contributed by atoms with van der Waals surface area (Å²) in [5.74, 6) is 0.671. The molecule has 1 aliphatic rings. The first-order chi connectivity index (χ1) is 7.13. The van der Waals surface area contributed by atoms with Crippen LogP contribution in [0.5, 0.6) is 0 Å². The Kier molecular flexibility index (Phi) is 4.86. The number of esters is 1. The van der Waals surface area contributed by atoms with Crippen molar-refractivity contribution >= 4 is 5.97 Å². The highest BCUT2D eigenvalue weighted by Gasteiger charge is 2.23. The van der Waals surface area contributed by atoms with Crippen molar-refractivity contribution in [3.63, 3.8) is 0 Å². The van der Waals surface area contributed by atoms with Gasteiger partial charge in [0.15, 0.2) is 0 Å². The maximum absolute atomic E-state index is 11.4. The van der Waals surface area contributed by atoms with Crippen LogP contribution in [0, 0.1) is 5.92 Å². The predicted molar refractivity (Wildman–Crippen MR) is 61.6 cm³/mol. The van der Waals surface area contributed by atoms with Gasteiger partial charge >= 0.3 is 5.97 Å². The zero-order chi connectivity index (χ0) is 11.3. The highest BCUT2D eigenvalue weighted by molar-refractivity contribution is 5.90. The van der Waals surface area contributed by atoms with E-state index < -0.39 is 0 Å². The molecule has 15 heavy (non-hydrogen) atoms. The minimum absolute atomic E-state index is 0.0394. The summed E-state index contributed by atoms with van der Waals surface area (Å²) in [5, 5.41) is 0. The fourth-order valence-corrected chi connectivity index (χ4v) is 1.79. The average Bonchev–Trinajstić information content (AvgIpc) is 2.54. The van der Waals surface area contributed by atoms with E-state index in [-0.39, 0.29) is 12.1 Å². The van der Waals surface area contributed by atoms with E-state index in [0.29, 0.717) is 0 Å². The monoisotopic (exact) mass is 210 g/mol. The summed E-state index contributed by atoms with van der Waals surface area (Å²) in [6, 6.07) is 0. The van der Waals surface area contributed by atoms with Gasteiger partial charge in [-0.2, -0.15) is 0 Å². The van der Waals surface area contributed by atoms with E-state index in [1.807, 2.05) is 13.0 Å². The van der Waals surface area contributed by atoms with Crippen molar-refractivity contribution in [1.29, 1.82) is 0 Å². The molecule has 0 fully saturated rings. The Morgan fingerprint density at radius 2 is 2.13 bits per heavy atom. The van der Waals surface area contributed by atoms with Gasteiger partial charge in [0.25, 0.3) is 0 Å². The normalized spacial score (nSPS) is 20.7. The molecule has 0 amide bonds. The predicted octanol–water partition coefficient (Wildman–Crippen LogP) is 3.46. The average molecular weight is 210 g/mol. The summed E-state index contributed by atoms with van der Waals surface area (Å²) in [6.07, 6.45) is 7.38. The van der Waals surface area contributed by atoms with Crippen LogP contribution in [0.1, 0.15) is 52.9 Å². The molecule has 0 saturated heterocycles. The number of hydrogen-bond acceptors (Lipinski definition) is 2. The molecule has 0 bridgehead atoms. The number of ether oxygens (including phenoxy) is 1. The molecule has 1 aliphatic heterocycles. The molecule has 0 spiro atoms. The maximum Gasteiger partial charge on any atom is 0.334 e. The fourth-order valence-electron chi connectivity index (χ4n) is 1.79. The molecular weight excluding hydrogens is 188 g/mol. The molecule has 1 atom stereocenters. The maximum atomic E-state index is 11.4. The van der Waals surface area contributed by atoms with Gasteiger partial charge in [0.2, 0.25) is 0 Å². The summed E-state index contributed by atoms with van der Waals surface area (Å²) in [5.41, 5.74) is 0.894. The summed E-state index contributed by atoms with van der Waals surface area (Å²) in [6.45, 7) is 6.50. The van der Waals surface area contributed by atoms with Crippen LogP contribution < -0.4 is 0 Å². The highest BCUT2D eigenvalue weighted by atomic mass is 16.5. The third-order valence-corrected chi connectivity index (χ3v) is 2.79. The highest BCUT2D eigenvalue weighted by Crippen LogP contribution is 2.21. The molecule has 2 heteroatoms. The van der Waals surface area contributed by atoms with Gasteiger partial charge in [-0.15, -0.1) is 0 Å². The largest absolute Gasteiger partial charge is 0.455 e. The Labute approximate surface area is 92.7 Å². The number of hydrogen-bond donors (Lipinski definition) is 0. The van der Waals surface area contributed by atoms with Crippen LogP contribution >= 0.6 is 0 Å². The molecular formula is C13H22O2. The molecule has 0 aliphatic carbocycles. The number of rotatable bonds is 6. The van der Waals surface area contributed by atoms with Crippen molar-refractivity contribution in [2.45, 2.75) is 59.0 Å². The summed E-state index contributed by atoms with van der Waals surface area (Å²) >= 11 is 0. The first-order valence-corrected chi connectivity index (χ1v) is 6.05. The van der Waals surface area contributed by atoms with Crippen LogP contribution in [0.4, 0.5) is 0 Å². The molecule has 2 nitrogen and oxygen atoms in total. The Morgan fingerprint density at radius 3 is 2.67 bits per heavy atom. The second-order valence-electron chi connectivity index (χ2n) is 4.68. The Morgan fingerprint density at radius 1 is 1.40 bits per heavy atom. The van der Waals surface area contributed by atoms with Crippen molar-refractivity contribution in [2.75, 3.05) is 0 Å². The third-order valence-electron chi connectivity index (χ3n) is 2.79. The van der Waals surface area contributed by atoms with Crippen LogP contribution in [0.15, 0.2) is 11.6 Å². The molecule has 0 N–H and O–H groups in total. The molecule has 1 heterocycles. The van der Waals surface area contributed by atoms with E-state index in [9.17, 15) is 4.79 Å². The molecule has 0 aromatic heterocycles. The minimum atomic E-state index is -0.0913. The van der Waals surface area contributed by atoms with Crippen LogP contribution in [0.3, 0.4) is 0 Å². The summed E-state index contributed by atoms with van der Waals surface area (Å²) in [7, 11) is 0. The van der Waals surface area contributed by atoms with Crippen LogP contribution in [0.2, 0.25) is 0 Å². The fraction of sp³-hybridized carbons (Fsp3) is 0.769. The lowest BCUT2D eigenvalue weighted by Crippen LogP contribution is -2.06. The van der Waals surface area contributed by atoms with Gasteiger partial charge in [-0.05, 0) is 31.3 Å². The second-order valence-corrected chi connectivity index (χ2v) is 4.68. The van der Waals surface area contributed by atoms with Crippen molar-refractivity contribution in [3.8, 4) is 0 Å². The second kappa shape index (κ2) is 5.94. The van der Waals surface area contributed by atoms with Crippen LogP contribution in [-0.2, 0) is 9.53 Å². The van der Waals surface area contributed by atoms with Gasteiger partial charge in [0, 0.05) is 5.57 Å². The molecule has 1 rings (SSSR count). The van der Waals surface area contributed by atoms with Crippen LogP contribution in [-0.4, -0.2) is 12.1 Å². The standard InChI is InChI=1S/C13H22O2/c1-4-12-9-11(13(14)15-12)8-6-5-7-10(2)3/h9-10,12H,4-8H2,1-3H3. The lowest BCUT2D eigenvalue weighted by Gasteiger charge is -2.04. The van der Waals surface area contributed by atoms with E-state index >= 15 is 0 Å². The third kappa shape index (κ3) is 4.06. The van der Waals surface area contributed by atoms with Gasteiger partial charge in [0.05, 0.1) is 0 Å². The van der Waals surface area contributed by atoms with E-state index in [1.165, 1.54) is 12.8 Å². The molecule has 0 aromatic carbocycles. The number of carbonyl (C=O) groups is 1. The first-order valence-electron chi connectivity index (χ1n) is 6.05. The smallest absolute Gasteiger partial charge is 0.334 e. The molecule has 0 saturated carbocycles. The van der Waals surface area contributed by atoms with Crippen LogP contribution in [0.25, 0.3) is 0 Å². The van der Waals surface area contributed by atoms with E-state index in [4.69, 9.17) is 4.74 Å². The molecule has 0 radical (unpaired) electrons. The molecule has 0 aromatic rings. The van der Waals surface area contributed by atoms with Crippen molar-refractivity contribution in [1.82, 2.24) is 0 Å². The number of unbranched alkanes of at least 4 members (excludes halogenated alkanes) is 1. The Balaban J connectivity index is 2.23. The Bertz CT molecular complexity index is 241. The topological polar surface area (TPSA) is 26.3 Å². The minimum Gasteiger partial charge on any atom is -0.455 e. The van der Waals surface area contributed by atoms with Gasteiger partial charge in [0.1, 0.15) is 6.10 Å².